The minimum atomic E-state index is 0.245. The van der Waals surface area contributed by atoms with E-state index in [0.717, 1.165) is 31.9 Å². The Hall–Kier alpha value is -1.55. The molecule has 0 bridgehead atoms. The van der Waals surface area contributed by atoms with Gasteiger partial charge in [-0.05, 0) is 37.8 Å². The first-order chi connectivity index (χ1) is 8.70. The van der Waals surface area contributed by atoms with Gasteiger partial charge < -0.3 is 4.90 Å². The second-order valence-electron chi connectivity index (χ2n) is 4.98. The first kappa shape index (κ1) is 12.9. The standard InChI is InChI=1S/C14H22N4/c1-11(2)16-14(17-15)18-9-5-8-12-6-3-4-7-13(12)10-18/h3-4,6-7,11H,5,8-10,15H2,1-2H3,(H,16,17). The van der Waals surface area contributed by atoms with Gasteiger partial charge in [-0.25, -0.2) is 10.8 Å². The van der Waals surface area contributed by atoms with Crippen LogP contribution in [0.2, 0.25) is 0 Å². The third kappa shape index (κ3) is 3.01. The molecule has 2 rings (SSSR count). The van der Waals surface area contributed by atoms with Crippen molar-refractivity contribution < 1.29 is 0 Å². The molecule has 0 radical (unpaired) electrons. The van der Waals surface area contributed by atoms with E-state index in [1.807, 2.05) is 0 Å². The fourth-order valence-corrected chi connectivity index (χ4v) is 2.34. The summed E-state index contributed by atoms with van der Waals surface area (Å²) in [6, 6.07) is 8.86. The van der Waals surface area contributed by atoms with E-state index >= 15 is 0 Å². The number of hydrazine groups is 1. The van der Waals surface area contributed by atoms with E-state index in [1.165, 1.54) is 11.1 Å². The van der Waals surface area contributed by atoms with Crippen LogP contribution in [-0.2, 0) is 13.0 Å². The highest BCUT2D eigenvalue weighted by atomic mass is 15.4. The van der Waals surface area contributed by atoms with Crippen LogP contribution in [-0.4, -0.2) is 23.4 Å². The van der Waals surface area contributed by atoms with E-state index in [0.29, 0.717) is 0 Å². The minimum absolute atomic E-state index is 0.245. The van der Waals surface area contributed by atoms with Crippen LogP contribution >= 0.6 is 0 Å². The van der Waals surface area contributed by atoms with Crippen LogP contribution in [0.25, 0.3) is 0 Å². The molecule has 1 aromatic rings. The van der Waals surface area contributed by atoms with Gasteiger partial charge in [0.25, 0.3) is 0 Å². The van der Waals surface area contributed by atoms with Gasteiger partial charge in [-0.15, -0.1) is 0 Å². The van der Waals surface area contributed by atoms with Crippen molar-refractivity contribution in [2.75, 3.05) is 6.54 Å². The molecule has 98 valence electrons. The normalized spacial score (nSPS) is 16.4. The summed E-state index contributed by atoms with van der Waals surface area (Å²) in [5.74, 6) is 6.39. The third-order valence-corrected chi connectivity index (χ3v) is 3.16. The molecular weight excluding hydrogens is 224 g/mol. The maximum absolute atomic E-state index is 5.60. The zero-order chi connectivity index (χ0) is 13.0. The average Bonchev–Trinajstić information content (AvgIpc) is 2.57. The Morgan fingerprint density at radius 3 is 2.72 bits per heavy atom. The first-order valence-electron chi connectivity index (χ1n) is 6.57. The summed E-state index contributed by atoms with van der Waals surface area (Å²) in [5, 5.41) is 0. The molecule has 0 atom stereocenters. The molecule has 4 heteroatoms. The lowest BCUT2D eigenvalue weighted by atomic mass is 10.0. The highest BCUT2D eigenvalue weighted by Gasteiger charge is 2.16. The molecule has 0 aliphatic carbocycles. The predicted octanol–water partition coefficient (Wildman–Crippen LogP) is 1.66. The number of hydrogen-bond donors (Lipinski definition) is 2. The fourth-order valence-electron chi connectivity index (χ4n) is 2.34. The molecule has 1 aromatic carbocycles. The molecule has 0 aromatic heterocycles. The molecule has 18 heavy (non-hydrogen) atoms. The Balaban J connectivity index is 2.21. The summed E-state index contributed by atoms with van der Waals surface area (Å²) >= 11 is 0. The number of fused-ring (bicyclic) bond motifs is 1. The molecule has 0 amide bonds. The van der Waals surface area contributed by atoms with Crippen LogP contribution in [0.5, 0.6) is 0 Å². The lowest BCUT2D eigenvalue weighted by Crippen LogP contribution is -2.45. The minimum Gasteiger partial charge on any atom is -0.338 e. The molecule has 4 nitrogen and oxygen atoms in total. The second-order valence-corrected chi connectivity index (χ2v) is 4.98. The zero-order valence-electron chi connectivity index (χ0n) is 11.2. The lowest BCUT2D eigenvalue weighted by molar-refractivity contribution is 0.399. The number of hydrogen-bond acceptors (Lipinski definition) is 2. The molecule has 1 heterocycles. The summed E-state index contributed by atoms with van der Waals surface area (Å²) in [4.78, 5) is 6.77. The Labute approximate surface area is 109 Å². The highest BCUT2D eigenvalue weighted by molar-refractivity contribution is 5.79. The van der Waals surface area contributed by atoms with Gasteiger partial charge in [0.2, 0.25) is 5.96 Å². The van der Waals surface area contributed by atoms with Crippen LogP contribution in [0.1, 0.15) is 31.4 Å². The van der Waals surface area contributed by atoms with Gasteiger partial charge >= 0.3 is 0 Å². The molecule has 0 unspecified atom stereocenters. The van der Waals surface area contributed by atoms with Crippen LogP contribution in [0, 0.1) is 0 Å². The van der Waals surface area contributed by atoms with E-state index in [4.69, 9.17) is 5.84 Å². The number of aryl methyl sites for hydroxylation is 1. The summed E-state index contributed by atoms with van der Waals surface area (Å²) in [6.45, 7) is 5.99. The predicted molar refractivity (Wildman–Crippen MR) is 75.1 cm³/mol. The van der Waals surface area contributed by atoms with Crippen molar-refractivity contribution in [3.05, 3.63) is 35.4 Å². The SMILES string of the molecule is CC(C)N=C(NN)N1CCCc2ccccc2C1. The van der Waals surface area contributed by atoms with Gasteiger partial charge in [-0.3, -0.25) is 5.43 Å². The van der Waals surface area contributed by atoms with Gasteiger partial charge in [0.15, 0.2) is 0 Å². The van der Waals surface area contributed by atoms with E-state index in [1.54, 1.807) is 0 Å². The smallest absolute Gasteiger partial charge is 0.208 e. The number of nitrogens with zero attached hydrogens (tertiary/aromatic N) is 2. The maximum Gasteiger partial charge on any atom is 0.208 e. The van der Waals surface area contributed by atoms with Crippen molar-refractivity contribution in [2.45, 2.75) is 39.3 Å². The van der Waals surface area contributed by atoms with Gasteiger partial charge in [0.05, 0.1) is 0 Å². The Kier molecular flexibility index (Phi) is 4.20. The van der Waals surface area contributed by atoms with E-state index in [2.05, 4.69) is 53.4 Å². The second kappa shape index (κ2) is 5.87. The van der Waals surface area contributed by atoms with Crippen molar-refractivity contribution in [1.82, 2.24) is 10.3 Å². The third-order valence-electron chi connectivity index (χ3n) is 3.16. The Bertz CT molecular complexity index is 426. The molecule has 1 aliphatic heterocycles. The average molecular weight is 246 g/mol. The number of benzene rings is 1. The van der Waals surface area contributed by atoms with Gasteiger partial charge in [0.1, 0.15) is 0 Å². The quantitative estimate of drug-likeness (QED) is 0.343. The Morgan fingerprint density at radius 1 is 1.33 bits per heavy atom. The van der Waals surface area contributed by atoms with Crippen LogP contribution in [0.3, 0.4) is 0 Å². The Morgan fingerprint density at radius 2 is 2.06 bits per heavy atom. The summed E-state index contributed by atoms with van der Waals surface area (Å²) in [6.07, 6.45) is 2.27. The zero-order valence-corrected chi connectivity index (χ0v) is 11.2. The van der Waals surface area contributed by atoms with Crippen molar-refractivity contribution in [1.29, 1.82) is 0 Å². The van der Waals surface area contributed by atoms with Crippen molar-refractivity contribution in [3.63, 3.8) is 0 Å². The summed E-state index contributed by atoms with van der Waals surface area (Å²) in [5.41, 5.74) is 5.56. The molecule has 0 fully saturated rings. The molecule has 0 saturated carbocycles. The van der Waals surface area contributed by atoms with Gasteiger partial charge in [-0.2, -0.15) is 0 Å². The monoisotopic (exact) mass is 246 g/mol. The first-order valence-corrected chi connectivity index (χ1v) is 6.57. The number of rotatable bonds is 1. The largest absolute Gasteiger partial charge is 0.338 e. The van der Waals surface area contributed by atoms with Crippen LogP contribution in [0.4, 0.5) is 0 Å². The van der Waals surface area contributed by atoms with E-state index in [-0.39, 0.29) is 6.04 Å². The molecular formula is C14H22N4. The fraction of sp³-hybridized carbons (Fsp3) is 0.500. The van der Waals surface area contributed by atoms with Gasteiger partial charge in [-0.1, -0.05) is 24.3 Å². The molecule has 3 N–H and O–H groups in total. The number of nitrogens with one attached hydrogen (secondary N) is 1. The summed E-state index contributed by atoms with van der Waals surface area (Å²) in [7, 11) is 0. The molecule has 0 saturated heterocycles. The summed E-state index contributed by atoms with van der Waals surface area (Å²) < 4.78 is 0. The maximum atomic E-state index is 5.60. The number of nitrogens with two attached hydrogens (primary N) is 1. The number of aliphatic imine (C=N–C) groups is 1. The molecule has 1 aliphatic rings. The van der Waals surface area contributed by atoms with E-state index in [9.17, 15) is 0 Å². The van der Waals surface area contributed by atoms with E-state index < -0.39 is 0 Å². The van der Waals surface area contributed by atoms with Crippen LogP contribution in [0.15, 0.2) is 29.3 Å². The number of guanidine groups is 1. The van der Waals surface area contributed by atoms with Crippen LogP contribution < -0.4 is 11.3 Å². The molecule has 0 spiro atoms. The topological polar surface area (TPSA) is 53.6 Å². The van der Waals surface area contributed by atoms with Crippen molar-refractivity contribution in [2.24, 2.45) is 10.8 Å². The van der Waals surface area contributed by atoms with Crippen molar-refractivity contribution in [3.8, 4) is 0 Å². The lowest BCUT2D eigenvalue weighted by Gasteiger charge is -2.24. The van der Waals surface area contributed by atoms with Crippen molar-refractivity contribution >= 4 is 5.96 Å². The van der Waals surface area contributed by atoms with Gasteiger partial charge in [0, 0.05) is 19.1 Å². The highest BCUT2D eigenvalue weighted by Crippen LogP contribution is 2.18.